The number of methoxy groups -OCH3 is 1. The Labute approximate surface area is 191 Å². The number of amides is 1. The summed E-state index contributed by atoms with van der Waals surface area (Å²) in [6.45, 7) is 4.17. The minimum atomic E-state index is -0.861. The van der Waals surface area contributed by atoms with Crippen molar-refractivity contribution in [3.05, 3.63) is 88.8 Å². The minimum Gasteiger partial charge on any atom is -0.503 e. The van der Waals surface area contributed by atoms with Crippen molar-refractivity contribution in [1.82, 2.24) is 9.88 Å². The van der Waals surface area contributed by atoms with Crippen molar-refractivity contribution in [3.8, 4) is 11.5 Å². The predicted octanol–water partition coefficient (Wildman–Crippen LogP) is 4.17. The van der Waals surface area contributed by atoms with E-state index in [-0.39, 0.29) is 17.9 Å². The van der Waals surface area contributed by atoms with Gasteiger partial charge in [-0.15, -0.1) is 0 Å². The molecule has 0 saturated heterocycles. The molecule has 170 valence electrons. The molecule has 2 aromatic heterocycles. The van der Waals surface area contributed by atoms with Crippen LogP contribution in [-0.4, -0.2) is 40.4 Å². The fourth-order valence-electron chi connectivity index (χ4n) is 3.90. The van der Waals surface area contributed by atoms with Crippen molar-refractivity contribution < 1.29 is 28.6 Å². The van der Waals surface area contributed by atoms with Gasteiger partial charge in [-0.05, 0) is 55.3 Å². The molecule has 8 heteroatoms. The lowest BCUT2D eigenvalue weighted by Gasteiger charge is -2.27. The van der Waals surface area contributed by atoms with Crippen molar-refractivity contribution in [2.45, 2.75) is 26.4 Å². The van der Waals surface area contributed by atoms with E-state index in [2.05, 4.69) is 4.98 Å². The number of nitrogens with zero attached hydrogens (tertiary/aromatic N) is 2. The molecule has 33 heavy (non-hydrogen) atoms. The molecular formula is C25H24N2O6. The second-order valence-corrected chi connectivity index (χ2v) is 7.54. The van der Waals surface area contributed by atoms with Crippen LogP contribution in [0.4, 0.5) is 0 Å². The first-order valence-corrected chi connectivity index (χ1v) is 10.5. The van der Waals surface area contributed by atoms with Crippen LogP contribution in [0, 0.1) is 6.92 Å². The van der Waals surface area contributed by atoms with E-state index in [0.717, 1.165) is 5.56 Å². The Morgan fingerprint density at radius 1 is 1.21 bits per heavy atom. The maximum Gasteiger partial charge on any atom is 0.290 e. The number of carbonyl (C=O) groups excluding carboxylic acids is 2. The van der Waals surface area contributed by atoms with Crippen molar-refractivity contribution >= 4 is 11.7 Å². The van der Waals surface area contributed by atoms with E-state index in [1.54, 1.807) is 49.6 Å². The monoisotopic (exact) mass is 448 g/mol. The predicted molar refractivity (Wildman–Crippen MR) is 119 cm³/mol. The first-order chi connectivity index (χ1) is 15.9. The van der Waals surface area contributed by atoms with Crippen molar-refractivity contribution in [2.75, 3.05) is 13.7 Å². The topological polar surface area (TPSA) is 102 Å². The fraction of sp³-hybridized carbons (Fsp3) is 0.240. The maximum absolute atomic E-state index is 13.4. The van der Waals surface area contributed by atoms with Gasteiger partial charge < -0.3 is 23.9 Å². The van der Waals surface area contributed by atoms with Gasteiger partial charge in [-0.3, -0.25) is 14.6 Å². The number of furan rings is 1. The van der Waals surface area contributed by atoms with Crippen LogP contribution in [0.1, 0.15) is 40.4 Å². The summed E-state index contributed by atoms with van der Waals surface area (Å²) in [7, 11) is 1.51. The van der Waals surface area contributed by atoms with Crippen LogP contribution >= 0.6 is 0 Å². The molecule has 1 atom stereocenters. The molecule has 1 aromatic carbocycles. The Hall–Kier alpha value is -4.07. The number of aromatic nitrogens is 1. The van der Waals surface area contributed by atoms with Crippen molar-refractivity contribution in [1.29, 1.82) is 0 Å². The normalized spacial score (nSPS) is 15.8. The number of aliphatic hydroxyl groups is 1. The zero-order chi connectivity index (χ0) is 23.5. The van der Waals surface area contributed by atoms with Crippen LogP contribution < -0.4 is 9.47 Å². The lowest BCUT2D eigenvalue weighted by atomic mass is 9.94. The first-order valence-electron chi connectivity index (χ1n) is 10.5. The Balaban J connectivity index is 1.82. The molecule has 1 aliphatic rings. The smallest absolute Gasteiger partial charge is 0.290 e. The quantitative estimate of drug-likeness (QED) is 0.516. The van der Waals surface area contributed by atoms with E-state index in [1.807, 2.05) is 13.0 Å². The van der Waals surface area contributed by atoms with Gasteiger partial charge in [-0.1, -0.05) is 12.1 Å². The number of carbonyl (C=O) groups is 2. The number of rotatable bonds is 8. The molecule has 1 aliphatic heterocycles. The van der Waals surface area contributed by atoms with Gasteiger partial charge in [0, 0.05) is 18.9 Å². The molecule has 3 aromatic rings. The number of benzene rings is 1. The summed E-state index contributed by atoms with van der Waals surface area (Å²) in [5.41, 5.74) is 1.29. The van der Waals surface area contributed by atoms with Crippen LogP contribution in [0.2, 0.25) is 0 Å². The highest BCUT2D eigenvalue weighted by atomic mass is 16.5. The van der Waals surface area contributed by atoms with Crippen LogP contribution in [0.15, 0.2) is 70.6 Å². The van der Waals surface area contributed by atoms with E-state index in [4.69, 9.17) is 13.9 Å². The number of aryl methyl sites for hydroxylation is 1. The third-order valence-corrected chi connectivity index (χ3v) is 5.39. The molecule has 0 aliphatic carbocycles. The van der Waals surface area contributed by atoms with Gasteiger partial charge in [0.1, 0.15) is 5.76 Å². The van der Waals surface area contributed by atoms with Gasteiger partial charge >= 0.3 is 0 Å². The van der Waals surface area contributed by atoms with E-state index in [1.165, 1.54) is 18.1 Å². The standard InChI is InChI=1S/C25H24N2O6/c1-4-32-18-10-8-17(12-20(18)31-3)22-21(23(28)19-9-7-15(2)33-19)24(29)25(30)27(22)14-16-6-5-11-26-13-16/h5-13,22,29H,4,14H2,1-3H3/t22-/m0/s1. The summed E-state index contributed by atoms with van der Waals surface area (Å²) >= 11 is 0. The molecule has 3 heterocycles. The maximum atomic E-state index is 13.4. The molecule has 4 rings (SSSR count). The van der Waals surface area contributed by atoms with Crippen molar-refractivity contribution in [3.63, 3.8) is 0 Å². The number of aliphatic hydroxyl groups excluding tert-OH is 1. The lowest BCUT2D eigenvalue weighted by Crippen LogP contribution is -2.30. The molecule has 0 unspecified atom stereocenters. The lowest BCUT2D eigenvalue weighted by molar-refractivity contribution is -0.130. The second kappa shape index (κ2) is 9.20. The highest BCUT2D eigenvalue weighted by molar-refractivity contribution is 6.15. The van der Waals surface area contributed by atoms with Crippen LogP contribution in [0.25, 0.3) is 0 Å². The van der Waals surface area contributed by atoms with Crippen LogP contribution in [0.5, 0.6) is 11.5 Å². The van der Waals surface area contributed by atoms with E-state index >= 15 is 0 Å². The average molecular weight is 448 g/mol. The zero-order valence-corrected chi connectivity index (χ0v) is 18.6. The third-order valence-electron chi connectivity index (χ3n) is 5.39. The largest absolute Gasteiger partial charge is 0.503 e. The molecule has 0 saturated carbocycles. The highest BCUT2D eigenvalue weighted by Crippen LogP contribution is 2.42. The summed E-state index contributed by atoms with van der Waals surface area (Å²) in [5.74, 6) is -0.216. The molecule has 0 spiro atoms. The molecule has 1 N–H and O–H groups in total. The molecule has 0 radical (unpaired) electrons. The Bertz CT molecular complexity index is 1210. The van der Waals surface area contributed by atoms with Gasteiger partial charge in [-0.2, -0.15) is 0 Å². The third kappa shape index (κ3) is 4.19. The molecule has 0 fully saturated rings. The van der Waals surface area contributed by atoms with Crippen molar-refractivity contribution in [2.24, 2.45) is 0 Å². The van der Waals surface area contributed by atoms with Gasteiger partial charge in [0.15, 0.2) is 23.0 Å². The highest BCUT2D eigenvalue weighted by Gasteiger charge is 2.44. The van der Waals surface area contributed by atoms with E-state index < -0.39 is 23.5 Å². The number of ketones is 1. The summed E-state index contributed by atoms with van der Waals surface area (Å²) in [5, 5.41) is 10.8. The van der Waals surface area contributed by atoms with Gasteiger partial charge in [0.2, 0.25) is 5.78 Å². The zero-order valence-electron chi connectivity index (χ0n) is 18.6. The van der Waals surface area contributed by atoms with Gasteiger partial charge in [0.25, 0.3) is 5.91 Å². The van der Waals surface area contributed by atoms with Crippen LogP contribution in [0.3, 0.4) is 0 Å². The number of ether oxygens (including phenoxy) is 2. The minimum absolute atomic E-state index is 0.0491. The van der Waals surface area contributed by atoms with E-state index in [0.29, 0.717) is 29.4 Å². The Kier molecular flexibility index (Phi) is 6.17. The summed E-state index contributed by atoms with van der Waals surface area (Å²) < 4.78 is 16.6. The molecule has 1 amide bonds. The van der Waals surface area contributed by atoms with E-state index in [9.17, 15) is 14.7 Å². The number of hydrogen-bond donors (Lipinski definition) is 1. The summed E-state index contributed by atoms with van der Waals surface area (Å²) in [6.07, 6.45) is 3.27. The molecular weight excluding hydrogens is 424 g/mol. The first kappa shape index (κ1) is 22.1. The Morgan fingerprint density at radius 3 is 2.67 bits per heavy atom. The fourth-order valence-corrected chi connectivity index (χ4v) is 3.90. The SMILES string of the molecule is CCOc1ccc([C@H]2C(C(=O)c3ccc(C)o3)=C(O)C(=O)N2Cc2cccnc2)cc1OC. The number of Topliss-reactive ketones (excluding diaryl/α,β-unsaturated/α-hetero) is 1. The number of pyridine rings is 1. The van der Waals surface area contributed by atoms with Gasteiger partial charge in [0.05, 0.1) is 25.3 Å². The molecule has 0 bridgehead atoms. The summed E-state index contributed by atoms with van der Waals surface area (Å²) in [6, 6.07) is 11.1. The Morgan fingerprint density at radius 2 is 2.03 bits per heavy atom. The number of hydrogen-bond acceptors (Lipinski definition) is 7. The average Bonchev–Trinajstić information content (AvgIpc) is 3.36. The summed E-state index contributed by atoms with van der Waals surface area (Å²) in [4.78, 5) is 32.0. The second-order valence-electron chi connectivity index (χ2n) is 7.54. The van der Waals surface area contributed by atoms with Gasteiger partial charge in [-0.25, -0.2) is 0 Å². The molecule has 8 nitrogen and oxygen atoms in total. The van der Waals surface area contributed by atoms with Crippen LogP contribution in [-0.2, 0) is 11.3 Å².